The van der Waals surface area contributed by atoms with E-state index in [1.54, 1.807) is 0 Å². The van der Waals surface area contributed by atoms with Crippen molar-refractivity contribution in [2.75, 3.05) is 13.2 Å². The van der Waals surface area contributed by atoms with Crippen LogP contribution < -0.4 is 0 Å². The summed E-state index contributed by atoms with van der Waals surface area (Å²) < 4.78 is 16.8. The van der Waals surface area contributed by atoms with Crippen molar-refractivity contribution in [3.8, 4) is 0 Å². The summed E-state index contributed by atoms with van der Waals surface area (Å²) in [5, 5.41) is 0. The average Bonchev–Trinajstić information content (AvgIpc) is 3.26. The van der Waals surface area contributed by atoms with Crippen molar-refractivity contribution in [1.29, 1.82) is 0 Å². The van der Waals surface area contributed by atoms with Crippen molar-refractivity contribution in [1.82, 2.24) is 0 Å². The van der Waals surface area contributed by atoms with Crippen molar-refractivity contribution >= 4 is 17.9 Å². The number of carbonyl (C=O) groups is 3. The summed E-state index contributed by atoms with van der Waals surface area (Å²) in [6, 6.07) is 0. The highest BCUT2D eigenvalue weighted by atomic mass is 16.6. The molecule has 0 fully saturated rings. The zero-order valence-corrected chi connectivity index (χ0v) is 40.9. The third-order valence-corrected chi connectivity index (χ3v) is 12.0. The molecule has 0 aromatic heterocycles. The van der Waals surface area contributed by atoms with Gasteiger partial charge in [0, 0.05) is 19.3 Å². The van der Waals surface area contributed by atoms with Crippen molar-refractivity contribution in [3.05, 3.63) is 24.3 Å². The third-order valence-electron chi connectivity index (χ3n) is 12.0. The number of hydrogen-bond acceptors (Lipinski definition) is 6. The van der Waals surface area contributed by atoms with Crippen LogP contribution in [0, 0.1) is 0 Å². The van der Waals surface area contributed by atoms with Gasteiger partial charge in [-0.25, -0.2) is 0 Å². The van der Waals surface area contributed by atoms with Crippen molar-refractivity contribution in [3.63, 3.8) is 0 Å². The zero-order chi connectivity index (χ0) is 44.4. The minimum Gasteiger partial charge on any atom is -0.462 e. The van der Waals surface area contributed by atoms with E-state index >= 15 is 0 Å². The molecule has 0 rings (SSSR count). The molecule has 0 N–H and O–H groups in total. The first-order valence-corrected chi connectivity index (χ1v) is 26.8. The first kappa shape index (κ1) is 58.9. The van der Waals surface area contributed by atoms with E-state index in [0.717, 1.165) is 77.0 Å². The molecule has 0 radical (unpaired) electrons. The van der Waals surface area contributed by atoms with Crippen LogP contribution in [-0.4, -0.2) is 37.2 Å². The summed E-state index contributed by atoms with van der Waals surface area (Å²) in [6.45, 7) is 6.63. The molecule has 358 valence electrons. The maximum atomic E-state index is 12.8. The quantitative estimate of drug-likeness (QED) is 0.0262. The van der Waals surface area contributed by atoms with E-state index < -0.39 is 6.10 Å². The number of hydrogen-bond donors (Lipinski definition) is 0. The van der Waals surface area contributed by atoms with E-state index in [-0.39, 0.29) is 31.1 Å². The second-order valence-corrected chi connectivity index (χ2v) is 18.2. The number of unbranched alkanes of at least 4 members (excludes halogenated alkanes) is 34. The number of ether oxygens (including phenoxy) is 3. The summed E-state index contributed by atoms with van der Waals surface area (Å²) in [5.74, 6) is -0.868. The van der Waals surface area contributed by atoms with Crippen LogP contribution in [0.2, 0.25) is 0 Å². The molecule has 0 saturated carbocycles. The number of rotatable bonds is 49. The van der Waals surface area contributed by atoms with E-state index in [0.29, 0.717) is 19.3 Å². The van der Waals surface area contributed by atoms with Crippen molar-refractivity contribution < 1.29 is 28.6 Å². The van der Waals surface area contributed by atoms with E-state index in [9.17, 15) is 14.4 Å². The Morgan fingerprint density at radius 3 is 0.934 bits per heavy atom. The lowest BCUT2D eigenvalue weighted by atomic mass is 10.0. The predicted molar refractivity (Wildman–Crippen MR) is 261 cm³/mol. The van der Waals surface area contributed by atoms with Gasteiger partial charge < -0.3 is 14.2 Å². The summed E-state index contributed by atoms with van der Waals surface area (Å²) in [7, 11) is 0. The van der Waals surface area contributed by atoms with E-state index in [4.69, 9.17) is 14.2 Å². The molecule has 6 heteroatoms. The van der Waals surface area contributed by atoms with Gasteiger partial charge in [0.1, 0.15) is 13.2 Å². The molecule has 0 spiro atoms. The van der Waals surface area contributed by atoms with Gasteiger partial charge in [0.2, 0.25) is 0 Å². The van der Waals surface area contributed by atoms with Crippen LogP contribution in [0.4, 0.5) is 0 Å². The van der Waals surface area contributed by atoms with E-state index in [1.165, 1.54) is 173 Å². The highest BCUT2D eigenvalue weighted by Crippen LogP contribution is 2.16. The number of carbonyl (C=O) groups excluding carboxylic acids is 3. The van der Waals surface area contributed by atoms with Crippen LogP contribution in [0.15, 0.2) is 24.3 Å². The molecular formula is C55H102O6. The molecule has 0 bridgehead atoms. The van der Waals surface area contributed by atoms with Gasteiger partial charge in [-0.15, -0.1) is 0 Å². The summed E-state index contributed by atoms with van der Waals surface area (Å²) in [6.07, 6.45) is 57.3. The second-order valence-electron chi connectivity index (χ2n) is 18.2. The van der Waals surface area contributed by atoms with Gasteiger partial charge in [-0.1, -0.05) is 244 Å². The summed E-state index contributed by atoms with van der Waals surface area (Å²) in [5.41, 5.74) is 0. The van der Waals surface area contributed by atoms with Gasteiger partial charge >= 0.3 is 17.9 Å². The zero-order valence-electron chi connectivity index (χ0n) is 40.9. The maximum Gasteiger partial charge on any atom is 0.306 e. The fraction of sp³-hybridized carbons (Fsp3) is 0.873. The molecule has 0 amide bonds. The van der Waals surface area contributed by atoms with Crippen LogP contribution in [0.5, 0.6) is 0 Å². The van der Waals surface area contributed by atoms with E-state index in [1.807, 2.05) is 0 Å². The Bertz CT molecular complexity index is 989. The molecule has 6 nitrogen and oxygen atoms in total. The van der Waals surface area contributed by atoms with Crippen LogP contribution in [0.1, 0.15) is 290 Å². The minimum absolute atomic E-state index is 0.0706. The third kappa shape index (κ3) is 48.8. The molecular weight excluding hydrogens is 757 g/mol. The molecule has 0 aliphatic rings. The Morgan fingerprint density at radius 1 is 0.328 bits per heavy atom. The Labute approximate surface area is 379 Å². The van der Waals surface area contributed by atoms with Gasteiger partial charge in [-0.05, 0) is 51.4 Å². The average molecular weight is 859 g/mol. The standard InChI is InChI=1S/C55H102O6/c1-4-7-10-13-16-19-22-25-27-30-33-36-39-42-45-48-54(57)60-51-52(50-59-53(56)47-44-41-38-35-32-29-24-21-18-15-12-9-6-3)61-55(58)49-46-43-40-37-34-31-28-26-23-20-17-14-11-8-5-2/h16,19,25,27,52H,4-15,17-18,20-24,26,28-51H2,1-3H3/b19-16-,27-25-/t52-/m0/s1. The Balaban J connectivity index is 4.35. The lowest BCUT2D eigenvalue weighted by Gasteiger charge is -2.18. The molecule has 0 unspecified atom stereocenters. The lowest BCUT2D eigenvalue weighted by Crippen LogP contribution is -2.30. The van der Waals surface area contributed by atoms with Gasteiger partial charge in [0.05, 0.1) is 0 Å². The van der Waals surface area contributed by atoms with Gasteiger partial charge in [-0.2, -0.15) is 0 Å². The first-order chi connectivity index (χ1) is 30.0. The Hall–Kier alpha value is -2.11. The largest absolute Gasteiger partial charge is 0.462 e. The number of esters is 3. The molecule has 0 aliphatic heterocycles. The van der Waals surface area contributed by atoms with E-state index in [2.05, 4.69) is 45.1 Å². The normalized spacial score (nSPS) is 12.1. The van der Waals surface area contributed by atoms with Gasteiger partial charge in [0.25, 0.3) is 0 Å². The highest BCUT2D eigenvalue weighted by molar-refractivity contribution is 5.71. The molecule has 0 heterocycles. The molecule has 61 heavy (non-hydrogen) atoms. The van der Waals surface area contributed by atoms with Crippen molar-refractivity contribution in [2.45, 2.75) is 297 Å². The smallest absolute Gasteiger partial charge is 0.306 e. The van der Waals surface area contributed by atoms with Crippen LogP contribution in [-0.2, 0) is 28.6 Å². The SMILES string of the molecule is CCCCC/C=C\C/C=C\CCCCCCCC(=O)OC[C@H](COC(=O)CCCCCCCCCCCCCCC)OC(=O)CCCCCCCCCCCCCCCCC. The summed E-state index contributed by atoms with van der Waals surface area (Å²) in [4.78, 5) is 38.0. The van der Waals surface area contributed by atoms with Crippen LogP contribution in [0.3, 0.4) is 0 Å². The fourth-order valence-electron chi connectivity index (χ4n) is 7.89. The maximum absolute atomic E-state index is 12.8. The molecule has 1 atom stereocenters. The van der Waals surface area contributed by atoms with Crippen LogP contribution in [0.25, 0.3) is 0 Å². The fourth-order valence-corrected chi connectivity index (χ4v) is 7.89. The Morgan fingerprint density at radius 2 is 0.590 bits per heavy atom. The van der Waals surface area contributed by atoms with Crippen LogP contribution >= 0.6 is 0 Å². The van der Waals surface area contributed by atoms with Gasteiger partial charge in [0.15, 0.2) is 6.10 Å². The molecule has 0 saturated heterocycles. The molecule has 0 aliphatic carbocycles. The minimum atomic E-state index is -0.770. The first-order valence-electron chi connectivity index (χ1n) is 26.8. The lowest BCUT2D eigenvalue weighted by molar-refractivity contribution is -0.167. The predicted octanol–water partition coefficient (Wildman–Crippen LogP) is 17.5. The molecule has 0 aromatic carbocycles. The monoisotopic (exact) mass is 859 g/mol. The second kappa shape index (κ2) is 50.5. The topological polar surface area (TPSA) is 78.9 Å². The highest BCUT2D eigenvalue weighted by Gasteiger charge is 2.19. The Kier molecular flexibility index (Phi) is 48.8. The van der Waals surface area contributed by atoms with Crippen molar-refractivity contribution in [2.24, 2.45) is 0 Å². The summed E-state index contributed by atoms with van der Waals surface area (Å²) >= 11 is 0. The molecule has 0 aromatic rings. The number of allylic oxidation sites excluding steroid dienone is 4. The van der Waals surface area contributed by atoms with Gasteiger partial charge in [-0.3, -0.25) is 14.4 Å².